The Bertz CT molecular complexity index is 336. The van der Waals surface area contributed by atoms with Gasteiger partial charge in [-0.15, -0.1) is 0 Å². The number of aryl methyl sites for hydroxylation is 1. The van der Waals surface area contributed by atoms with Crippen molar-refractivity contribution >= 4 is 11.9 Å². The first kappa shape index (κ1) is 13.7. The van der Waals surface area contributed by atoms with Crippen molar-refractivity contribution in [3.05, 3.63) is 5.82 Å². The van der Waals surface area contributed by atoms with Gasteiger partial charge in [0.1, 0.15) is 5.82 Å². The summed E-state index contributed by atoms with van der Waals surface area (Å²) in [5.74, 6) is 2.22. The van der Waals surface area contributed by atoms with Crippen LogP contribution in [-0.2, 0) is 0 Å². The van der Waals surface area contributed by atoms with Crippen molar-refractivity contribution in [1.29, 1.82) is 0 Å². The maximum absolute atomic E-state index is 4.44. The van der Waals surface area contributed by atoms with Gasteiger partial charge in [-0.2, -0.15) is 15.0 Å². The number of anilines is 2. The Morgan fingerprint density at radius 2 is 1.76 bits per heavy atom. The molecule has 1 aromatic rings. The maximum atomic E-state index is 4.44. The molecule has 0 aromatic carbocycles. The van der Waals surface area contributed by atoms with Crippen molar-refractivity contribution in [2.75, 3.05) is 29.9 Å². The SMILES string of the molecule is CCCCNc1nc(C)nc(N(CC)CC)n1. The monoisotopic (exact) mass is 237 g/mol. The minimum atomic E-state index is 0.688. The van der Waals surface area contributed by atoms with Crippen molar-refractivity contribution < 1.29 is 0 Å². The van der Waals surface area contributed by atoms with E-state index in [1.807, 2.05) is 6.92 Å². The summed E-state index contributed by atoms with van der Waals surface area (Å²) in [4.78, 5) is 15.2. The van der Waals surface area contributed by atoms with Crippen LogP contribution in [0, 0.1) is 6.92 Å². The molecule has 0 saturated carbocycles. The third-order valence-electron chi connectivity index (χ3n) is 2.60. The predicted molar refractivity (Wildman–Crippen MR) is 71.5 cm³/mol. The fraction of sp³-hybridized carbons (Fsp3) is 0.750. The van der Waals surface area contributed by atoms with E-state index in [2.05, 4.69) is 45.9 Å². The summed E-state index contributed by atoms with van der Waals surface area (Å²) in [6.45, 7) is 11.0. The lowest BCUT2D eigenvalue weighted by Crippen LogP contribution is -2.25. The van der Waals surface area contributed by atoms with E-state index in [9.17, 15) is 0 Å². The highest BCUT2D eigenvalue weighted by Crippen LogP contribution is 2.10. The minimum absolute atomic E-state index is 0.688. The van der Waals surface area contributed by atoms with Gasteiger partial charge in [-0.05, 0) is 27.2 Å². The second-order valence-corrected chi connectivity index (χ2v) is 3.96. The van der Waals surface area contributed by atoms with Crippen LogP contribution in [-0.4, -0.2) is 34.6 Å². The molecule has 1 N–H and O–H groups in total. The molecule has 0 amide bonds. The van der Waals surface area contributed by atoms with E-state index >= 15 is 0 Å². The first-order valence-electron chi connectivity index (χ1n) is 6.42. The number of nitrogens with zero attached hydrogens (tertiary/aromatic N) is 4. The van der Waals surface area contributed by atoms with Gasteiger partial charge in [-0.25, -0.2) is 0 Å². The smallest absolute Gasteiger partial charge is 0.230 e. The quantitative estimate of drug-likeness (QED) is 0.737. The molecule has 96 valence electrons. The summed E-state index contributed by atoms with van der Waals surface area (Å²) in [6, 6.07) is 0. The van der Waals surface area contributed by atoms with E-state index in [0.717, 1.165) is 37.8 Å². The lowest BCUT2D eigenvalue weighted by Gasteiger charge is -2.19. The number of aromatic nitrogens is 3. The summed E-state index contributed by atoms with van der Waals surface area (Å²) in [7, 11) is 0. The van der Waals surface area contributed by atoms with Crippen LogP contribution in [0.25, 0.3) is 0 Å². The standard InChI is InChI=1S/C12H23N5/c1-5-8-9-13-11-14-10(4)15-12(16-11)17(6-2)7-3/h5-9H2,1-4H3,(H,13,14,15,16). The Morgan fingerprint density at radius 3 is 2.35 bits per heavy atom. The number of nitrogens with one attached hydrogen (secondary N) is 1. The lowest BCUT2D eigenvalue weighted by atomic mass is 10.3. The van der Waals surface area contributed by atoms with Gasteiger partial charge >= 0.3 is 0 Å². The number of hydrogen-bond donors (Lipinski definition) is 1. The first-order valence-corrected chi connectivity index (χ1v) is 6.42. The summed E-state index contributed by atoms with van der Waals surface area (Å²) < 4.78 is 0. The molecule has 5 nitrogen and oxygen atoms in total. The lowest BCUT2D eigenvalue weighted by molar-refractivity contribution is 0.790. The van der Waals surface area contributed by atoms with Gasteiger partial charge in [0.15, 0.2) is 0 Å². The Kier molecular flexibility index (Phi) is 5.66. The van der Waals surface area contributed by atoms with E-state index in [-0.39, 0.29) is 0 Å². The van der Waals surface area contributed by atoms with Gasteiger partial charge in [0.25, 0.3) is 0 Å². The van der Waals surface area contributed by atoms with Crippen LogP contribution >= 0.6 is 0 Å². The molecule has 0 spiro atoms. The van der Waals surface area contributed by atoms with Crippen molar-refractivity contribution in [3.63, 3.8) is 0 Å². The highest BCUT2D eigenvalue weighted by Gasteiger charge is 2.08. The molecule has 0 unspecified atom stereocenters. The largest absolute Gasteiger partial charge is 0.354 e. The number of rotatable bonds is 7. The molecule has 0 bridgehead atoms. The predicted octanol–water partition coefficient (Wildman–Crippen LogP) is 2.24. The molecule has 0 radical (unpaired) electrons. The topological polar surface area (TPSA) is 53.9 Å². The Balaban J connectivity index is 2.78. The Hall–Kier alpha value is -1.39. The molecule has 1 aromatic heterocycles. The first-order chi connectivity index (χ1) is 8.21. The zero-order valence-corrected chi connectivity index (χ0v) is 11.3. The molecule has 0 aliphatic carbocycles. The molecule has 0 atom stereocenters. The van der Waals surface area contributed by atoms with Gasteiger partial charge < -0.3 is 10.2 Å². The summed E-state index contributed by atoms with van der Waals surface area (Å²) in [6.07, 6.45) is 2.30. The van der Waals surface area contributed by atoms with Gasteiger partial charge in [-0.1, -0.05) is 13.3 Å². The molecule has 0 aliphatic heterocycles. The number of unbranched alkanes of at least 4 members (excludes halogenated alkanes) is 1. The molecule has 5 heteroatoms. The molecule has 1 rings (SSSR count). The Morgan fingerprint density at radius 1 is 1.06 bits per heavy atom. The molecular formula is C12H23N5. The van der Waals surface area contributed by atoms with Gasteiger partial charge in [-0.3, -0.25) is 0 Å². The van der Waals surface area contributed by atoms with Gasteiger partial charge in [0.2, 0.25) is 11.9 Å². The maximum Gasteiger partial charge on any atom is 0.230 e. The van der Waals surface area contributed by atoms with E-state index in [4.69, 9.17) is 0 Å². The zero-order chi connectivity index (χ0) is 12.7. The minimum Gasteiger partial charge on any atom is -0.354 e. The van der Waals surface area contributed by atoms with E-state index in [1.165, 1.54) is 6.42 Å². The van der Waals surface area contributed by atoms with Crippen molar-refractivity contribution in [2.45, 2.75) is 40.5 Å². The average Bonchev–Trinajstić information content (AvgIpc) is 2.30. The van der Waals surface area contributed by atoms with Crippen LogP contribution in [0.3, 0.4) is 0 Å². The average molecular weight is 237 g/mol. The van der Waals surface area contributed by atoms with Crippen LogP contribution in [0.2, 0.25) is 0 Å². The second kappa shape index (κ2) is 7.04. The van der Waals surface area contributed by atoms with Crippen molar-refractivity contribution in [2.24, 2.45) is 0 Å². The van der Waals surface area contributed by atoms with Crippen molar-refractivity contribution in [1.82, 2.24) is 15.0 Å². The highest BCUT2D eigenvalue weighted by atomic mass is 15.3. The highest BCUT2D eigenvalue weighted by molar-refractivity contribution is 5.36. The van der Waals surface area contributed by atoms with Gasteiger partial charge in [0.05, 0.1) is 0 Å². The van der Waals surface area contributed by atoms with Crippen LogP contribution in [0.5, 0.6) is 0 Å². The zero-order valence-electron chi connectivity index (χ0n) is 11.3. The van der Waals surface area contributed by atoms with E-state index in [1.54, 1.807) is 0 Å². The van der Waals surface area contributed by atoms with Crippen LogP contribution in [0.4, 0.5) is 11.9 Å². The third kappa shape index (κ3) is 4.17. The Labute approximate surface area is 104 Å². The van der Waals surface area contributed by atoms with Crippen LogP contribution in [0.1, 0.15) is 39.4 Å². The van der Waals surface area contributed by atoms with Gasteiger partial charge in [0, 0.05) is 19.6 Å². The van der Waals surface area contributed by atoms with Crippen LogP contribution in [0.15, 0.2) is 0 Å². The fourth-order valence-electron chi connectivity index (χ4n) is 1.57. The summed E-state index contributed by atoms with van der Waals surface area (Å²) >= 11 is 0. The molecular weight excluding hydrogens is 214 g/mol. The van der Waals surface area contributed by atoms with E-state index < -0.39 is 0 Å². The van der Waals surface area contributed by atoms with Crippen molar-refractivity contribution in [3.8, 4) is 0 Å². The van der Waals surface area contributed by atoms with E-state index in [0.29, 0.717) is 5.95 Å². The fourth-order valence-corrected chi connectivity index (χ4v) is 1.57. The molecule has 0 aliphatic rings. The summed E-state index contributed by atoms with van der Waals surface area (Å²) in [5, 5.41) is 3.24. The second-order valence-electron chi connectivity index (χ2n) is 3.96. The summed E-state index contributed by atoms with van der Waals surface area (Å²) in [5.41, 5.74) is 0. The third-order valence-corrected chi connectivity index (χ3v) is 2.60. The molecule has 0 fully saturated rings. The molecule has 0 saturated heterocycles. The number of hydrogen-bond acceptors (Lipinski definition) is 5. The van der Waals surface area contributed by atoms with Crippen LogP contribution < -0.4 is 10.2 Å². The molecule has 1 heterocycles. The normalized spacial score (nSPS) is 10.4. The molecule has 17 heavy (non-hydrogen) atoms.